The van der Waals surface area contributed by atoms with Crippen LogP contribution in [0.1, 0.15) is 49.7 Å². The fourth-order valence-electron chi connectivity index (χ4n) is 3.03. The Morgan fingerprint density at radius 3 is 1.71 bits per heavy atom. The Kier molecular flexibility index (Phi) is 6.49. The summed E-state index contributed by atoms with van der Waals surface area (Å²) in [6, 6.07) is 21.4. The summed E-state index contributed by atoms with van der Waals surface area (Å²) >= 11 is 0. The highest BCUT2D eigenvalue weighted by Crippen LogP contribution is 2.31. The number of benzene rings is 2. The van der Waals surface area contributed by atoms with Crippen LogP contribution in [-0.4, -0.2) is 11.7 Å². The zero-order chi connectivity index (χ0) is 14.9. The van der Waals surface area contributed by atoms with Crippen molar-refractivity contribution < 1.29 is 5.11 Å². The average molecular weight is 282 g/mol. The summed E-state index contributed by atoms with van der Waals surface area (Å²) in [6.07, 6.45) is 4.44. The van der Waals surface area contributed by atoms with Crippen LogP contribution >= 0.6 is 0 Å². The van der Waals surface area contributed by atoms with Crippen LogP contribution in [0.2, 0.25) is 0 Å². The zero-order valence-electron chi connectivity index (χ0n) is 12.9. The second kappa shape index (κ2) is 8.63. The molecule has 1 nitrogen and oxygen atoms in total. The van der Waals surface area contributed by atoms with Gasteiger partial charge in [-0.2, -0.15) is 0 Å². The van der Waals surface area contributed by atoms with Gasteiger partial charge in [0.15, 0.2) is 0 Å². The lowest BCUT2D eigenvalue weighted by Crippen LogP contribution is -2.09. The van der Waals surface area contributed by atoms with Gasteiger partial charge in [-0.25, -0.2) is 0 Å². The van der Waals surface area contributed by atoms with Gasteiger partial charge < -0.3 is 5.11 Å². The summed E-state index contributed by atoms with van der Waals surface area (Å²) in [5, 5.41) is 9.51. The van der Waals surface area contributed by atoms with E-state index in [1.54, 1.807) is 0 Å². The van der Waals surface area contributed by atoms with Crippen LogP contribution in [0.25, 0.3) is 0 Å². The molecule has 21 heavy (non-hydrogen) atoms. The van der Waals surface area contributed by atoms with E-state index in [9.17, 15) is 5.11 Å². The van der Waals surface area contributed by atoms with Crippen molar-refractivity contribution in [2.24, 2.45) is 5.92 Å². The summed E-state index contributed by atoms with van der Waals surface area (Å²) in [4.78, 5) is 0. The van der Waals surface area contributed by atoms with Crippen LogP contribution in [0.15, 0.2) is 60.7 Å². The van der Waals surface area contributed by atoms with Crippen LogP contribution in [-0.2, 0) is 0 Å². The predicted molar refractivity (Wildman–Crippen MR) is 89.4 cm³/mol. The topological polar surface area (TPSA) is 20.2 Å². The van der Waals surface area contributed by atoms with Crippen molar-refractivity contribution in [3.8, 4) is 0 Å². The van der Waals surface area contributed by atoms with Crippen molar-refractivity contribution in [2.75, 3.05) is 6.61 Å². The molecule has 1 N–H and O–H groups in total. The van der Waals surface area contributed by atoms with E-state index in [4.69, 9.17) is 0 Å². The molecule has 0 heterocycles. The van der Waals surface area contributed by atoms with Gasteiger partial charge in [-0.15, -0.1) is 0 Å². The molecule has 0 aromatic heterocycles. The van der Waals surface area contributed by atoms with Gasteiger partial charge in [0, 0.05) is 12.5 Å². The maximum Gasteiger partial charge on any atom is 0.0459 e. The summed E-state index contributed by atoms with van der Waals surface area (Å²) in [5.74, 6) is 0.864. The quantitative estimate of drug-likeness (QED) is 0.721. The Labute approximate surface area is 128 Å². The van der Waals surface area contributed by atoms with Crippen LogP contribution in [0, 0.1) is 5.92 Å². The third kappa shape index (κ3) is 4.71. The smallest absolute Gasteiger partial charge is 0.0459 e. The lowest BCUT2D eigenvalue weighted by atomic mass is 9.84. The van der Waals surface area contributed by atoms with E-state index in [0.717, 1.165) is 25.7 Å². The van der Waals surface area contributed by atoms with Gasteiger partial charge in [0.25, 0.3) is 0 Å². The van der Waals surface area contributed by atoms with Crippen LogP contribution < -0.4 is 0 Å². The lowest BCUT2D eigenvalue weighted by Gasteiger charge is -2.21. The van der Waals surface area contributed by atoms with Crippen molar-refractivity contribution in [2.45, 2.75) is 38.5 Å². The van der Waals surface area contributed by atoms with E-state index in [2.05, 4.69) is 67.6 Å². The first-order chi connectivity index (χ1) is 10.3. The van der Waals surface area contributed by atoms with Gasteiger partial charge in [-0.1, -0.05) is 74.0 Å². The molecule has 1 heteroatoms. The molecule has 0 amide bonds. The summed E-state index contributed by atoms with van der Waals surface area (Å²) in [7, 11) is 0. The predicted octanol–water partition coefficient (Wildman–Crippen LogP) is 5.01. The third-order valence-corrected chi connectivity index (χ3v) is 4.22. The number of rotatable bonds is 8. The molecule has 0 fully saturated rings. The molecule has 2 rings (SSSR count). The van der Waals surface area contributed by atoms with E-state index in [1.807, 2.05) is 0 Å². The third-order valence-electron chi connectivity index (χ3n) is 4.22. The largest absolute Gasteiger partial charge is 0.396 e. The van der Waals surface area contributed by atoms with Crippen LogP contribution in [0.5, 0.6) is 0 Å². The van der Waals surface area contributed by atoms with Crippen molar-refractivity contribution >= 4 is 0 Å². The fourth-order valence-corrected chi connectivity index (χ4v) is 3.03. The molecule has 0 bridgehead atoms. The van der Waals surface area contributed by atoms with Crippen molar-refractivity contribution in [3.63, 3.8) is 0 Å². The Bertz CT molecular complexity index is 452. The molecule has 0 aliphatic heterocycles. The van der Waals surface area contributed by atoms with Gasteiger partial charge >= 0.3 is 0 Å². The first-order valence-corrected chi connectivity index (χ1v) is 8.06. The van der Waals surface area contributed by atoms with Crippen molar-refractivity contribution in [3.05, 3.63) is 71.8 Å². The molecule has 112 valence electrons. The molecule has 0 aliphatic carbocycles. The number of hydrogen-bond acceptors (Lipinski definition) is 1. The molecule has 2 aromatic rings. The number of aliphatic hydroxyl groups excluding tert-OH is 1. The standard InChI is InChI=1S/C20H26O/c1-2-9-17(16-21)14-15-20(18-10-5-3-6-11-18)19-12-7-4-8-13-19/h3-8,10-13,17,20-21H,2,9,14-16H2,1H3. The maximum atomic E-state index is 9.51. The molecule has 1 unspecified atom stereocenters. The van der Waals surface area contributed by atoms with Crippen molar-refractivity contribution in [1.82, 2.24) is 0 Å². The van der Waals surface area contributed by atoms with E-state index >= 15 is 0 Å². The minimum Gasteiger partial charge on any atom is -0.396 e. The van der Waals surface area contributed by atoms with Gasteiger partial charge in [0.1, 0.15) is 0 Å². The minimum absolute atomic E-state index is 0.310. The van der Waals surface area contributed by atoms with Crippen LogP contribution in [0.3, 0.4) is 0 Å². The van der Waals surface area contributed by atoms with E-state index < -0.39 is 0 Å². The summed E-state index contributed by atoms with van der Waals surface area (Å²) < 4.78 is 0. The molecule has 0 aliphatic rings. The zero-order valence-corrected chi connectivity index (χ0v) is 12.9. The normalized spacial score (nSPS) is 12.5. The second-order valence-electron chi connectivity index (χ2n) is 5.79. The second-order valence-corrected chi connectivity index (χ2v) is 5.79. The maximum absolute atomic E-state index is 9.51. The van der Waals surface area contributed by atoms with E-state index in [0.29, 0.717) is 18.4 Å². The monoisotopic (exact) mass is 282 g/mol. The van der Waals surface area contributed by atoms with Gasteiger partial charge in [0.2, 0.25) is 0 Å². The summed E-state index contributed by atoms with van der Waals surface area (Å²) in [5.41, 5.74) is 2.74. The average Bonchev–Trinajstić information content (AvgIpc) is 2.56. The fraction of sp³-hybridized carbons (Fsp3) is 0.400. The molecule has 0 saturated carbocycles. The Morgan fingerprint density at radius 1 is 0.762 bits per heavy atom. The Morgan fingerprint density at radius 2 is 1.29 bits per heavy atom. The van der Waals surface area contributed by atoms with Gasteiger partial charge in [-0.3, -0.25) is 0 Å². The first kappa shape index (κ1) is 15.8. The highest BCUT2D eigenvalue weighted by Gasteiger charge is 2.16. The molecular weight excluding hydrogens is 256 g/mol. The molecule has 2 aromatic carbocycles. The van der Waals surface area contributed by atoms with E-state index in [-0.39, 0.29) is 0 Å². The SMILES string of the molecule is CCCC(CO)CCC(c1ccccc1)c1ccccc1. The van der Waals surface area contributed by atoms with E-state index in [1.165, 1.54) is 11.1 Å². The van der Waals surface area contributed by atoms with Crippen molar-refractivity contribution in [1.29, 1.82) is 0 Å². The van der Waals surface area contributed by atoms with Gasteiger partial charge in [-0.05, 0) is 36.3 Å². The molecule has 0 spiro atoms. The first-order valence-electron chi connectivity index (χ1n) is 8.06. The van der Waals surface area contributed by atoms with Gasteiger partial charge in [0.05, 0.1) is 0 Å². The number of aliphatic hydroxyl groups is 1. The Balaban J connectivity index is 2.13. The molecular formula is C20H26O. The lowest BCUT2D eigenvalue weighted by molar-refractivity contribution is 0.206. The molecule has 0 saturated heterocycles. The number of hydrogen-bond donors (Lipinski definition) is 1. The Hall–Kier alpha value is -1.60. The van der Waals surface area contributed by atoms with Crippen LogP contribution in [0.4, 0.5) is 0 Å². The molecule has 1 atom stereocenters. The highest BCUT2D eigenvalue weighted by molar-refractivity contribution is 5.32. The summed E-state index contributed by atoms with van der Waals surface area (Å²) in [6.45, 7) is 2.50. The molecule has 0 radical (unpaired) electrons. The minimum atomic E-state index is 0.310. The highest BCUT2D eigenvalue weighted by atomic mass is 16.3.